The lowest BCUT2D eigenvalue weighted by molar-refractivity contribution is -0.157. The number of rotatable bonds is 5. The predicted octanol–water partition coefficient (Wildman–Crippen LogP) is 1.09. The molecule has 0 aromatic rings. The fourth-order valence-corrected chi connectivity index (χ4v) is 3.15. The Morgan fingerprint density at radius 2 is 1.88 bits per heavy atom. The molecule has 1 aliphatic heterocycles. The Hall–Kier alpha value is -2.12. The number of esters is 1. The molecule has 1 heterocycles. The lowest BCUT2D eigenvalue weighted by Gasteiger charge is -2.21. The van der Waals surface area contributed by atoms with Gasteiger partial charge in [-0.25, -0.2) is 4.79 Å². The average molecular weight is 353 g/mol. The highest BCUT2D eigenvalue weighted by molar-refractivity contribution is 5.97. The molecule has 0 bridgehead atoms. The summed E-state index contributed by atoms with van der Waals surface area (Å²) >= 11 is 0. The highest BCUT2D eigenvalue weighted by Crippen LogP contribution is 2.17. The normalized spacial score (nSPS) is 19.9. The van der Waals surface area contributed by atoms with Crippen molar-refractivity contribution in [1.82, 2.24) is 15.5 Å². The van der Waals surface area contributed by atoms with E-state index >= 15 is 0 Å². The molecule has 1 saturated heterocycles. The summed E-state index contributed by atoms with van der Waals surface area (Å²) in [5.41, 5.74) is 0. The van der Waals surface area contributed by atoms with Gasteiger partial charge in [-0.3, -0.25) is 19.7 Å². The van der Waals surface area contributed by atoms with E-state index in [9.17, 15) is 19.2 Å². The second-order valence-corrected chi connectivity index (χ2v) is 6.70. The molecule has 25 heavy (non-hydrogen) atoms. The topological polar surface area (TPSA) is 105 Å². The molecule has 1 saturated carbocycles. The number of carbonyl (C=O) groups is 4. The van der Waals surface area contributed by atoms with Gasteiger partial charge >= 0.3 is 12.0 Å². The van der Waals surface area contributed by atoms with E-state index in [0.717, 1.165) is 44.9 Å². The first kappa shape index (κ1) is 19.2. The summed E-state index contributed by atoms with van der Waals surface area (Å²) in [5, 5.41) is 4.92. The van der Waals surface area contributed by atoms with Crippen molar-refractivity contribution in [3.05, 3.63) is 0 Å². The van der Waals surface area contributed by atoms with E-state index in [1.54, 1.807) is 0 Å². The summed E-state index contributed by atoms with van der Waals surface area (Å²) in [7, 11) is 0. The standard InChI is InChI=1S/C17H27N3O5/c1-12(16(23)19-17(24)18-13-7-4-5-8-13)25-15(22)11-20-10-6-2-3-9-14(20)21/h12-13H,2-11H2,1H3,(H2,18,19,23,24)/t12-/m0/s1. The third-order valence-electron chi connectivity index (χ3n) is 4.60. The summed E-state index contributed by atoms with van der Waals surface area (Å²) in [6.07, 6.45) is 5.96. The molecule has 140 valence electrons. The van der Waals surface area contributed by atoms with Crippen LogP contribution in [0.25, 0.3) is 0 Å². The first-order valence-corrected chi connectivity index (χ1v) is 9.04. The van der Waals surface area contributed by atoms with Gasteiger partial charge in [-0.1, -0.05) is 19.3 Å². The molecule has 8 nitrogen and oxygen atoms in total. The van der Waals surface area contributed by atoms with Crippen LogP contribution in [0.15, 0.2) is 0 Å². The van der Waals surface area contributed by atoms with Gasteiger partial charge in [0.1, 0.15) is 6.54 Å². The predicted molar refractivity (Wildman–Crippen MR) is 89.5 cm³/mol. The number of likely N-dealkylation sites (tertiary alicyclic amines) is 1. The SMILES string of the molecule is C[C@H](OC(=O)CN1CCCCCC1=O)C(=O)NC(=O)NC1CCCC1. The summed E-state index contributed by atoms with van der Waals surface area (Å²) < 4.78 is 5.05. The van der Waals surface area contributed by atoms with E-state index < -0.39 is 24.0 Å². The van der Waals surface area contributed by atoms with Crippen molar-refractivity contribution in [2.45, 2.75) is 70.4 Å². The van der Waals surface area contributed by atoms with Crippen LogP contribution in [0.3, 0.4) is 0 Å². The van der Waals surface area contributed by atoms with Gasteiger partial charge in [-0.15, -0.1) is 0 Å². The number of hydrogen-bond acceptors (Lipinski definition) is 5. The molecular formula is C17H27N3O5. The molecule has 8 heteroatoms. The zero-order chi connectivity index (χ0) is 18.2. The zero-order valence-corrected chi connectivity index (χ0v) is 14.7. The van der Waals surface area contributed by atoms with Gasteiger partial charge in [0.25, 0.3) is 5.91 Å². The van der Waals surface area contributed by atoms with E-state index in [-0.39, 0.29) is 18.5 Å². The van der Waals surface area contributed by atoms with Crippen molar-refractivity contribution >= 4 is 23.8 Å². The molecule has 1 aliphatic carbocycles. The molecule has 2 aliphatic rings. The van der Waals surface area contributed by atoms with Crippen LogP contribution in [0, 0.1) is 0 Å². The molecule has 0 aromatic carbocycles. The second-order valence-electron chi connectivity index (χ2n) is 6.70. The molecule has 0 radical (unpaired) electrons. The first-order chi connectivity index (χ1) is 12.0. The number of hydrogen-bond donors (Lipinski definition) is 2. The maximum absolute atomic E-state index is 12.0. The molecule has 0 unspecified atom stereocenters. The number of urea groups is 1. The molecule has 1 atom stereocenters. The van der Waals surface area contributed by atoms with Crippen molar-refractivity contribution in [2.75, 3.05) is 13.1 Å². The van der Waals surface area contributed by atoms with Crippen LogP contribution in [0.5, 0.6) is 0 Å². The number of nitrogens with zero attached hydrogens (tertiary/aromatic N) is 1. The van der Waals surface area contributed by atoms with Gasteiger partial charge in [0.15, 0.2) is 6.10 Å². The highest BCUT2D eigenvalue weighted by Gasteiger charge is 2.25. The Morgan fingerprint density at radius 3 is 2.60 bits per heavy atom. The smallest absolute Gasteiger partial charge is 0.326 e. The Balaban J connectivity index is 1.72. The van der Waals surface area contributed by atoms with Crippen molar-refractivity contribution in [3.63, 3.8) is 0 Å². The van der Waals surface area contributed by atoms with Crippen molar-refractivity contribution in [1.29, 1.82) is 0 Å². The molecular weight excluding hydrogens is 326 g/mol. The first-order valence-electron chi connectivity index (χ1n) is 9.04. The van der Waals surface area contributed by atoms with E-state index in [2.05, 4.69) is 10.6 Å². The molecule has 2 N–H and O–H groups in total. The molecule has 0 spiro atoms. The van der Waals surface area contributed by atoms with E-state index in [0.29, 0.717) is 13.0 Å². The number of amides is 4. The molecule has 2 rings (SSSR count). The Bertz CT molecular complexity index is 516. The Kier molecular flexibility index (Phi) is 7.21. The highest BCUT2D eigenvalue weighted by atomic mass is 16.5. The van der Waals surface area contributed by atoms with Crippen LogP contribution in [-0.4, -0.2) is 54.0 Å². The Morgan fingerprint density at radius 1 is 1.16 bits per heavy atom. The monoisotopic (exact) mass is 353 g/mol. The average Bonchev–Trinajstić information content (AvgIpc) is 2.97. The molecule has 2 fully saturated rings. The van der Waals surface area contributed by atoms with Gasteiger partial charge in [-0.05, 0) is 32.6 Å². The van der Waals surface area contributed by atoms with Crippen molar-refractivity contribution in [3.8, 4) is 0 Å². The van der Waals surface area contributed by atoms with Crippen LogP contribution in [0.2, 0.25) is 0 Å². The van der Waals surface area contributed by atoms with Crippen LogP contribution < -0.4 is 10.6 Å². The molecule has 4 amide bonds. The number of ether oxygens (including phenoxy) is 1. The Labute approximate surface area is 147 Å². The largest absolute Gasteiger partial charge is 0.451 e. The summed E-state index contributed by atoms with van der Waals surface area (Å²) in [6.45, 7) is 1.77. The lowest BCUT2D eigenvalue weighted by Crippen LogP contribution is -2.47. The number of imide groups is 1. The van der Waals surface area contributed by atoms with Gasteiger partial charge in [0.2, 0.25) is 5.91 Å². The van der Waals surface area contributed by atoms with E-state index in [4.69, 9.17) is 4.74 Å². The quantitative estimate of drug-likeness (QED) is 0.720. The fourth-order valence-electron chi connectivity index (χ4n) is 3.15. The van der Waals surface area contributed by atoms with E-state index in [1.807, 2.05) is 0 Å². The van der Waals surface area contributed by atoms with Crippen molar-refractivity contribution < 1.29 is 23.9 Å². The third kappa shape index (κ3) is 6.36. The summed E-state index contributed by atoms with van der Waals surface area (Å²) in [4.78, 5) is 49.0. The minimum atomic E-state index is -1.09. The van der Waals surface area contributed by atoms with Gasteiger partial charge in [0, 0.05) is 19.0 Å². The van der Waals surface area contributed by atoms with Gasteiger partial charge in [-0.2, -0.15) is 0 Å². The zero-order valence-electron chi connectivity index (χ0n) is 14.7. The maximum atomic E-state index is 12.0. The van der Waals surface area contributed by atoms with Crippen LogP contribution in [0.1, 0.15) is 58.3 Å². The van der Waals surface area contributed by atoms with E-state index in [1.165, 1.54) is 11.8 Å². The summed E-state index contributed by atoms with van der Waals surface area (Å²) in [6, 6.07) is -0.470. The van der Waals surface area contributed by atoms with Crippen LogP contribution in [-0.2, 0) is 19.1 Å². The number of carbonyl (C=O) groups excluding carboxylic acids is 4. The maximum Gasteiger partial charge on any atom is 0.326 e. The fraction of sp³-hybridized carbons (Fsp3) is 0.765. The van der Waals surface area contributed by atoms with Crippen molar-refractivity contribution in [2.24, 2.45) is 0 Å². The van der Waals surface area contributed by atoms with Crippen LogP contribution in [0.4, 0.5) is 4.79 Å². The van der Waals surface area contributed by atoms with Crippen LogP contribution >= 0.6 is 0 Å². The number of nitrogens with one attached hydrogen (secondary N) is 2. The minimum Gasteiger partial charge on any atom is -0.451 e. The van der Waals surface area contributed by atoms with Gasteiger partial charge in [0.05, 0.1) is 0 Å². The minimum absolute atomic E-state index is 0.0671. The lowest BCUT2D eigenvalue weighted by atomic mass is 10.2. The summed E-state index contributed by atoms with van der Waals surface area (Å²) in [5.74, 6) is -1.39. The second kappa shape index (κ2) is 9.39. The molecule has 0 aromatic heterocycles. The third-order valence-corrected chi connectivity index (χ3v) is 4.60. The van der Waals surface area contributed by atoms with Gasteiger partial charge < -0.3 is 15.0 Å².